The molecule has 0 aliphatic heterocycles. The van der Waals surface area contributed by atoms with Crippen LogP contribution in [0.15, 0.2) is 11.5 Å². The van der Waals surface area contributed by atoms with Gasteiger partial charge in [0.15, 0.2) is 22.1 Å². The Balaban J connectivity index is 1.71. The molecule has 2 aromatic heterocycles. The fourth-order valence-electron chi connectivity index (χ4n) is 4.11. The molecule has 0 spiro atoms. The van der Waals surface area contributed by atoms with Crippen molar-refractivity contribution < 1.29 is 29.1 Å². The van der Waals surface area contributed by atoms with Crippen molar-refractivity contribution in [2.75, 3.05) is 25.2 Å². The summed E-state index contributed by atoms with van der Waals surface area (Å²) in [7, 11) is -2.94. The van der Waals surface area contributed by atoms with E-state index in [9.17, 15) is 14.8 Å². The van der Waals surface area contributed by atoms with Gasteiger partial charge in [0.05, 0.1) is 25.1 Å². The van der Waals surface area contributed by atoms with E-state index in [4.69, 9.17) is 9.79 Å². The Bertz CT molecular complexity index is 936. The Kier molecular flexibility index (Phi) is 4.50. The lowest BCUT2D eigenvalue weighted by Gasteiger charge is -2.24. The molecule has 27 heavy (non-hydrogen) atoms. The molecule has 0 aromatic carbocycles. The maximum Gasteiger partial charge on any atom is 0.469 e. The molecule has 2 fully saturated rings. The minimum absolute atomic E-state index is 0.211. The van der Waals surface area contributed by atoms with Crippen LogP contribution in [0.5, 0.6) is 0 Å². The van der Waals surface area contributed by atoms with Gasteiger partial charge in [-0.25, -0.2) is 19.5 Å². The first kappa shape index (κ1) is 19.1. The summed E-state index contributed by atoms with van der Waals surface area (Å²) < 4.78 is 17.4. The zero-order chi connectivity index (χ0) is 19.6. The first-order valence-electron chi connectivity index (χ1n) is 8.24. The van der Waals surface area contributed by atoms with Crippen LogP contribution in [0, 0.1) is 11.3 Å². The predicted octanol–water partition coefficient (Wildman–Crippen LogP) is -0.0180. The lowest BCUT2D eigenvalue weighted by Crippen LogP contribution is -2.35. The molecule has 5 atom stereocenters. The Morgan fingerprint density at radius 3 is 2.81 bits per heavy atom. The average Bonchev–Trinajstić information content (AvgIpc) is 3.14. The molecule has 0 radical (unpaired) electrons. The quantitative estimate of drug-likeness (QED) is 0.244. The molecule has 2 saturated carbocycles. The number of hydrogen-bond acceptors (Lipinski definition) is 9. The summed E-state index contributed by atoms with van der Waals surface area (Å²) in [5, 5.41) is 24.7. The van der Waals surface area contributed by atoms with Gasteiger partial charge < -0.3 is 29.9 Å². The van der Waals surface area contributed by atoms with E-state index in [1.807, 2.05) is 6.26 Å². The molecule has 0 bridgehead atoms. The number of nitrogens with one attached hydrogen (secondary N) is 1. The topological polar surface area (TPSA) is 163 Å². The number of phosphoric acid groups is 1. The van der Waals surface area contributed by atoms with Gasteiger partial charge in [-0.15, -0.1) is 0 Å². The summed E-state index contributed by atoms with van der Waals surface area (Å²) in [6.45, 7) is -0.323. The first-order chi connectivity index (χ1) is 12.7. The highest BCUT2D eigenvalue weighted by Gasteiger charge is 2.72. The minimum atomic E-state index is -4.66. The summed E-state index contributed by atoms with van der Waals surface area (Å²) in [5.41, 5.74) is 0.179. The van der Waals surface area contributed by atoms with Crippen LogP contribution in [-0.2, 0) is 9.09 Å². The van der Waals surface area contributed by atoms with Crippen LogP contribution in [-0.4, -0.2) is 71.6 Å². The second-order valence-electron chi connectivity index (χ2n) is 6.87. The normalized spacial score (nSPS) is 32.7. The van der Waals surface area contributed by atoms with E-state index in [1.165, 1.54) is 11.8 Å². The maximum atomic E-state index is 11.0. The van der Waals surface area contributed by atoms with Crippen molar-refractivity contribution in [3.8, 4) is 0 Å². The van der Waals surface area contributed by atoms with Gasteiger partial charge in [0.1, 0.15) is 6.10 Å². The number of hydrogen-bond donors (Lipinski definition) is 5. The number of thioether (sulfide) groups is 1. The van der Waals surface area contributed by atoms with Gasteiger partial charge in [0, 0.05) is 12.5 Å². The molecule has 2 aromatic rings. The molecule has 5 N–H and O–H groups in total. The van der Waals surface area contributed by atoms with Gasteiger partial charge >= 0.3 is 7.82 Å². The van der Waals surface area contributed by atoms with Gasteiger partial charge in [0.2, 0.25) is 0 Å². The third-order valence-corrected chi connectivity index (χ3v) is 6.51. The van der Waals surface area contributed by atoms with Crippen LogP contribution in [0.2, 0.25) is 0 Å². The van der Waals surface area contributed by atoms with Crippen molar-refractivity contribution in [1.82, 2.24) is 19.5 Å². The summed E-state index contributed by atoms with van der Waals surface area (Å²) in [4.78, 5) is 31.1. The van der Waals surface area contributed by atoms with E-state index in [0.29, 0.717) is 28.6 Å². The van der Waals surface area contributed by atoms with Gasteiger partial charge in [-0.05, 0) is 18.6 Å². The molecule has 4 rings (SSSR count). The van der Waals surface area contributed by atoms with Crippen LogP contribution in [0.25, 0.3) is 11.2 Å². The predicted molar refractivity (Wildman–Crippen MR) is 96.2 cm³/mol. The van der Waals surface area contributed by atoms with Crippen LogP contribution < -0.4 is 5.32 Å². The van der Waals surface area contributed by atoms with E-state index in [-0.39, 0.29) is 12.5 Å². The largest absolute Gasteiger partial charge is 0.469 e. The number of rotatable bonds is 6. The molecule has 2 aliphatic rings. The van der Waals surface area contributed by atoms with Crippen molar-refractivity contribution in [2.24, 2.45) is 11.3 Å². The highest BCUT2D eigenvalue weighted by Crippen LogP contribution is 2.68. The van der Waals surface area contributed by atoms with E-state index in [0.717, 1.165) is 0 Å². The number of aromatic nitrogens is 4. The van der Waals surface area contributed by atoms with Crippen LogP contribution in [0.4, 0.5) is 5.82 Å². The Hall–Kier alpha value is -1.27. The fourth-order valence-corrected chi connectivity index (χ4v) is 4.88. The smallest absolute Gasteiger partial charge is 0.390 e. The molecular weight excluding hydrogens is 397 g/mol. The van der Waals surface area contributed by atoms with Gasteiger partial charge in [-0.1, -0.05) is 11.8 Å². The zero-order valence-corrected chi connectivity index (χ0v) is 16.3. The number of imidazole rings is 1. The second kappa shape index (κ2) is 6.38. The third kappa shape index (κ3) is 2.96. The molecule has 0 saturated heterocycles. The average molecular weight is 417 g/mol. The zero-order valence-electron chi connectivity index (χ0n) is 14.6. The van der Waals surface area contributed by atoms with Crippen LogP contribution in [0.1, 0.15) is 12.5 Å². The van der Waals surface area contributed by atoms with E-state index < -0.39 is 31.5 Å². The van der Waals surface area contributed by atoms with Crippen molar-refractivity contribution in [3.05, 3.63) is 6.33 Å². The van der Waals surface area contributed by atoms with Gasteiger partial charge in [-0.2, -0.15) is 0 Å². The Morgan fingerprint density at radius 2 is 2.19 bits per heavy atom. The maximum absolute atomic E-state index is 11.0. The molecule has 11 nitrogen and oxygen atoms in total. The van der Waals surface area contributed by atoms with Gasteiger partial charge in [0.25, 0.3) is 0 Å². The Labute approximate surface area is 158 Å². The third-order valence-electron chi connectivity index (χ3n) is 5.50. The molecular formula is C14H20N5O6PS. The molecule has 148 valence electrons. The highest BCUT2D eigenvalue weighted by atomic mass is 32.2. The van der Waals surface area contributed by atoms with Gasteiger partial charge in [-0.3, -0.25) is 4.52 Å². The highest BCUT2D eigenvalue weighted by molar-refractivity contribution is 7.98. The van der Waals surface area contributed by atoms with Crippen molar-refractivity contribution in [1.29, 1.82) is 0 Å². The molecule has 0 amide bonds. The van der Waals surface area contributed by atoms with E-state index >= 15 is 0 Å². The second-order valence-corrected chi connectivity index (χ2v) is 8.88. The summed E-state index contributed by atoms with van der Waals surface area (Å²) >= 11 is 1.37. The standard InChI is InChI=1S/C14H20N5O6PS/c1-15-11-7-12(18-13(17-11)27-2)19(5-16-7)8-6-3-14(6,10(21)9(8)20)4-25-26(22,23)24/h5-6,8-10,20-21H,3-4H2,1-2H3,(H,15,17,18)(H2,22,23,24)/t6?,8-,9+,10+,14+/m1/s1. The fraction of sp³-hybridized carbons (Fsp3) is 0.643. The lowest BCUT2D eigenvalue weighted by atomic mass is 10.0. The molecule has 2 aliphatic carbocycles. The number of anilines is 1. The number of phosphoric ester groups is 1. The number of nitrogens with zero attached hydrogens (tertiary/aromatic N) is 4. The van der Waals surface area contributed by atoms with Crippen LogP contribution >= 0.6 is 19.6 Å². The molecule has 13 heteroatoms. The molecule has 1 unspecified atom stereocenters. The minimum Gasteiger partial charge on any atom is -0.390 e. The lowest BCUT2D eigenvalue weighted by molar-refractivity contribution is -0.0297. The number of aliphatic hydroxyl groups excluding tert-OH is 2. The van der Waals surface area contributed by atoms with E-state index in [2.05, 4.69) is 24.8 Å². The SMILES string of the molecule is CNc1nc(SC)nc2c1ncn2[C@@H]1C2C[C@@]2(COP(=O)(O)O)[C@@H](O)[C@H]1O. The number of fused-ring (bicyclic) bond motifs is 2. The van der Waals surface area contributed by atoms with Crippen molar-refractivity contribution in [3.63, 3.8) is 0 Å². The summed E-state index contributed by atoms with van der Waals surface area (Å²) in [6, 6.07) is -0.528. The van der Waals surface area contributed by atoms with Crippen LogP contribution in [0.3, 0.4) is 0 Å². The Morgan fingerprint density at radius 1 is 1.44 bits per heavy atom. The van der Waals surface area contributed by atoms with Crippen molar-refractivity contribution >= 4 is 36.6 Å². The summed E-state index contributed by atoms with van der Waals surface area (Å²) in [6.07, 6.45) is 1.58. The number of aliphatic hydroxyl groups is 2. The van der Waals surface area contributed by atoms with Crippen molar-refractivity contribution in [2.45, 2.75) is 29.8 Å². The molecule has 2 heterocycles. The monoisotopic (exact) mass is 417 g/mol. The first-order valence-corrected chi connectivity index (χ1v) is 11.0. The van der Waals surface area contributed by atoms with E-state index in [1.54, 1.807) is 17.9 Å². The summed E-state index contributed by atoms with van der Waals surface area (Å²) in [5.74, 6) is 0.347.